The maximum atomic E-state index is 10.2. The summed E-state index contributed by atoms with van der Waals surface area (Å²) in [5, 5.41) is 15.6. The summed E-state index contributed by atoms with van der Waals surface area (Å²) in [6.45, 7) is 6.99. The first-order chi connectivity index (χ1) is 7.98. The summed E-state index contributed by atoms with van der Waals surface area (Å²) in [5.41, 5.74) is 1.96. The van der Waals surface area contributed by atoms with Crippen molar-refractivity contribution < 1.29 is 5.11 Å². The van der Waals surface area contributed by atoms with Crippen molar-refractivity contribution in [2.45, 2.75) is 25.7 Å². The summed E-state index contributed by atoms with van der Waals surface area (Å²) >= 11 is 1.62. The lowest BCUT2D eigenvalue weighted by Gasteiger charge is -2.17. The van der Waals surface area contributed by atoms with Crippen molar-refractivity contribution in [2.24, 2.45) is 0 Å². The number of benzene rings is 1. The van der Waals surface area contributed by atoms with Gasteiger partial charge in [0.05, 0.1) is 8.07 Å². The Hall–Kier alpha value is -0.903. The van der Waals surface area contributed by atoms with Crippen LogP contribution in [0.1, 0.15) is 17.2 Å². The first-order valence-electron chi connectivity index (χ1n) is 5.79. The number of hydrogen-bond donors (Lipinski definition) is 1. The maximum Gasteiger partial charge on any atom is 0.105 e. The Morgan fingerprint density at radius 3 is 2.12 bits per heavy atom. The lowest BCUT2D eigenvalue weighted by molar-refractivity contribution is 0.221. The van der Waals surface area contributed by atoms with E-state index in [1.54, 1.807) is 11.3 Å². The minimum Gasteiger partial charge on any atom is -0.384 e. The number of thiophene rings is 1. The third kappa shape index (κ3) is 2.86. The van der Waals surface area contributed by atoms with Gasteiger partial charge in [-0.1, -0.05) is 49.1 Å². The molecule has 0 aliphatic carbocycles. The molecule has 0 fully saturated rings. The van der Waals surface area contributed by atoms with Crippen LogP contribution in [0, 0.1) is 0 Å². The normalized spacial score (nSPS) is 13.6. The molecule has 1 heterocycles. The van der Waals surface area contributed by atoms with Crippen LogP contribution in [0.2, 0.25) is 19.6 Å². The van der Waals surface area contributed by atoms with E-state index in [0.29, 0.717) is 0 Å². The number of aliphatic hydroxyl groups is 1. The van der Waals surface area contributed by atoms with E-state index in [1.165, 1.54) is 5.19 Å². The summed E-state index contributed by atoms with van der Waals surface area (Å²) in [6.07, 6.45) is -0.489. The molecule has 90 valence electrons. The quantitative estimate of drug-likeness (QED) is 0.841. The predicted octanol–water partition coefficient (Wildman–Crippen LogP) is 3.38. The second-order valence-corrected chi connectivity index (χ2v) is 11.2. The summed E-state index contributed by atoms with van der Waals surface area (Å²) in [5.74, 6) is 0. The van der Waals surface area contributed by atoms with Crippen molar-refractivity contribution in [1.82, 2.24) is 0 Å². The molecule has 0 saturated heterocycles. The van der Waals surface area contributed by atoms with Gasteiger partial charge in [0.2, 0.25) is 0 Å². The fourth-order valence-electron chi connectivity index (χ4n) is 1.79. The zero-order chi connectivity index (χ0) is 12.5. The van der Waals surface area contributed by atoms with Gasteiger partial charge >= 0.3 is 0 Å². The van der Waals surface area contributed by atoms with Crippen LogP contribution in [0.3, 0.4) is 0 Å². The molecule has 1 unspecified atom stereocenters. The van der Waals surface area contributed by atoms with Crippen LogP contribution in [0.15, 0.2) is 41.1 Å². The van der Waals surface area contributed by atoms with Crippen molar-refractivity contribution in [2.75, 3.05) is 0 Å². The number of rotatable bonds is 3. The Balaban J connectivity index is 2.24. The largest absolute Gasteiger partial charge is 0.384 e. The molecule has 0 spiro atoms. The smallest absolute Gasteiger partial charge is 0.105 e. The molecule has 1 aromatic carbocycles. The molecule has 0 aliphatic heterocycles. The van der Waals surface area contributed by atoms with Crippen LogP contribution in [0.4, 0.5) is 0 Å². The molecular weight excluding hydrogens is 244 g/mol. The van der Waals surface area contributed by atoms with E-state index in [9.17, 15) is 5.11 Å². The van der Waals surface area contributed by atoms with Crippen LogP contribution in [0.25, 0.3) is 0 Å². The topological polar surface area (TPSA) is 20.2 Å². The van der Waals surface area contributed by atoms with Gasteiger partial charge < -0.3 is 5.11 Å². The van der Waals surface area contributed by atoms with Crippen molar-refractivity contribution in [3.63, 3.8) is 0 Å². The molecule has 1 nitrogen and oxygen atoms in total. The van der Waals surface area contributed by atoms with E-state index in [2.05, 4.69) is 43.9 Å². The lowest BCUT2D eigenvalue weighted by Crippen LogP contribution is -2.37. The van der Waals surface area contributed by atoms with Gasteiger partial charge in [-0.2, -0.15) is 11.3 Å². The van der Waals surface area contributed by atoms with Gasteiger partial charge in [-0.25, -0.2) is 0 Å². The SMILES string of the molecule is C[Si](C)(C)c1ccc(C(O)c2ccsc2)cc1. The van der Waals surface area contributed by atoms with Gasteiger partial charge in [-0.15, -0.1) is 0 Å². The molecule has 1 N–H and O–H groups in total. The Morgan fingerprint density at radius 1 is 1.00 bits per heavy atom. The fraction of sp³-hybridized carbons (Fsp3) is 0.286. The third-order valence-electron chi connectivity index (χ3n) is 2.95. The Labute approximate surface area is 108 Å². The van der Waals surface area contributed by atoms with E-state index in [-0.39, 0.29) is 0 Å². The summed E-state index contributed by atoms with van der Waals surface area (Å²) < 4.78 is 0. The first kappa shape index (κ1) is 12.6. The summed E-state index contributed by atoms with van der Waals surface area (Å²) in [6, 6.07) is 10.4. The second-order valence-electron chi connectivity index (χ2n) is 5.33. The Morgan fingerprint density at radius 2 is 1.65 bits per heavy atom. The molecule has 3 heteroatoms. The summed E-state index contributed by atoms with van der Waals surface area (Å²) in [4.78, 5) is 0. The second kappa shape index (κ2) is 4.76. The van der Waals surface area contributed by atoms with E-state index < -0.39 is 14.2 Å². The highest BCUT2D eigenvalue weighted by molar-refractivity contribution is 7.08. The minimum absolute atomic E-state index is 0.489. The van der Waals surface area contributed by atoms with E-state index in [0.717, 1.165) is 11.1 Å². The average molecular weight is 262 g/mol. The van der Waals surface area contributed by atoms with Crippen LogP contribution in [0.5, 0.6) is 0 Å². The standard InChI is InChI=1S/C14H18OSSi/c1-17(2,3)13-6-4-11(5-7-13)14(15)12-8-9-16-10-12/h4-10,14-15H,1-3H3. The third-order valence-corrected chi connectivity index (χ3v) is 5.72. The van der Waals surface area contributed by atoms with Gasteiger partial charge in [0, 0.05) is 0 Å². The molecule has 2 rings (SSSR count). The Kier molecular flexibility index (Phi) is 3.52. The molecule has 1 atom stereocenters. The van der Waals surface area contributed by atoms with Gasteiger partial charge in [-0.3, -0.25) is 0 Å². The molecule has 0 aliphatic rings. The first-order valence-corrected chi connectivity index (χ1v) is 10.2. The molecular formula is C14H18OSSi. The van der Waals surface area contributed by atoms with Crippen LogP contribution < -0.4 is 5.19 Å². The van der Waals surface area contributed by atoms with Crippen molar-refractivity contribution in [1.29, 1.82) is 0 Å². The van der Waals surface area contributed by atoms with Crippen molar-refractivity contribution >= 4 is 24.6 Å². The van der Waals surface area contributed by atoms with Crippen LogP contribution >= 0.6 is 11.3 Å². The molecule has 0 bridgehead atoms. The van der Waals surface area contributed by atoms with Gasteiger partial charge in [0.15, 0.2) is 0 Å². The zero-order valence-electron chi connectivity index (χ0n) is 10.5. The average Bonchev–Trinajstić information content (AvgIpc) is 2.80. The lowest BCUT2D eigenvalue weighted by atomic mass is 10.0. The fourth-order valence-corrected chi connectivity index (χ4v) is 3.63. The molecule has 0 amide bonds. The number of hydrogen-bond acceptors (Lipinski definition) is 2. The molecule has 17 heavy (non-hydrogen) atoms. The minimum atomic E-state index is -1.24. The van der Waals surface area contributed by atoms with Crippen LogP contribution in [-0.2, 0) is 0 Å². The molecule has 0 saturated carbocycles. The van der Waals surface area contributed by atoms with E-state index in [4.69, 9.17) is 0 Å². The molecule has 1 aromatic heterocycles. The van der Waals surface area contributed by atoms with Crippen molar-refractivity contribution in [3.05, 3.63) is 52.2 Å². The molecule has 2 aromatic rings. The monoisotopic (exact) mass is 262 g/mol. The van der Waals surface area contributed by atoms with Gasteiger partial charge in [-0.05, 0) is 28.0 Å². The zero-order valence-corrected chi connectivity index (χ0v) is 12.3. The van der Waals surface area contributed by atoms with Gasteiger partial charge in [0.1, 0.15) is 6.10 Å². The van der Waals surface area contributed by atoms with E-state index >= 15 is 0 Å². The number of aliphatic hydroxyl groups excluding tert-OH is 1. The Bertz CT molecular complexity index is 468. The molecule has 0 radical (unpaired) electrons. The van der Waals surface area contributed by atoms with E-state index in [1.807, 2.05) is 16.8 Å². The highest BCUT2D eigenvalue weighted by atomic mass is 32.1. The highest BCUT2D eigenvalue weighted by Gasteiger charge is 2.17. The van der Waals surface area contributed by atoms with Crippen molar-refractivity contribution in [3.8, 4) is 0 Å². The highest BCUT2D eigenvalue weighted by Crippen LogP contribution is 2.23. The van der Waals surface area contributed by atoms with Crippen LogP contribution in [-0.4, -0.2) is 13.2 Å². The summed E-state index contributed by atoms with van der Waals surface area (Å²) in [7, 11) is -1.24. The van der Waals surface area contributed by atoms with Gasteiger partial charge in [0.25, 0.3) is 0 Å². The maximum absolute atomic E-state index is 10.2. The predicted molar refractivity (Wildman–Crippen MR) is 77.8 cm³/mol.